The lowest BCUT2D eigenvalue weighted by Gasteiger charge is -2.42. The molecule has 0 amide bonds. The zero-order valence-electron chi connectivity index (χ0n) is 12.5. The highest BCUT2D eigenvalue weighted by molar-refractivity contribution is 5.46. The summed E-state index contributed by atoms with van der Waals surface area (Å²) < 4.78 is 0. The van der Waals surface area contributed by atoms with Gasteiger partial charge < -0.3 is 10.0 Å². The molecule has 0 aromatic carbocycles. The summed E-state index contributed by atoms with van der Waals surface area (Å²) in [7, 11) is 0. The quantitative estimate of drug-likeness (QED) is 0.907. The Labute approximate surface area is 116 Å². The van der Waals surface area contributed by atoms with Crippen molar-refractivity contribution in [3.63, 3.8) is 0 Å². The molecule has 3 unspecified atom stereocenters. The van der Waals surface area contributed by atoms with Gasteiger partial charge in [0.25, 0.3) is 0 Å². The molecule has 3 nitrogen and oxygen atoms in total. The predicted octanol–water partition coefficient (Wildman–Crippen LogP) is 3.40. The highest BCUT2D eigenvalue weighted by Gasteiger charge is 2.29. The molecule has 0 bridgehead atoms. The molecular weight excluding hydrogens is 236 g/mol. The number of hydrogen-bond donors (Lipinski definition) is 1. The Kier molecular flexibility index (Phi) is 4.46. The van der Waals surface area contributed by atoms with Crippen LogP contribution in [0.3, 0.4) is 0 Å². The maximum atomic E-state index is 9.79. The standard InChI is InChI=1S/C16H26N2O/c1-5-16(19)15-7-6-14(9-17-15)18-10-11(2)8-12(3)13(18)4/h6-7,9,11-13,16,19H,5,8,10H2,1-4H3/t11?,12?,13?,16-/m1/s1. The van der Waals surface area contributed by atoms with Crippen LogP contribution in [0, 0.1) is 11.8 Å². The minimum atomic E-state index is -0.439. The van der Waals surface area contributed by atoms with Crippen LogP contribution in [0.25, 0.3) is 0 Å². The molecule has 3 heteroatoms. The molecule has 1 aromatic heterocycles. The Morgan fingerprint density at radius 1 is 1.37 bits per heavy atom. The van der Waals surface area contributed by atoms with Crippen molar-refractivity contribution in [3.8, 4) is 0 Å². The van der Waals surface area contributed by atoms with Crippen molar-refractivity contribution in [2.45, 2.75) is 52.7 Å². The second-order valence-corrected chi connectivity index (χ2v) is 6.08. The molecule has 0 aliphatic carbocycles. The van der Waals surface area contributed by atoms with Gasteiger partial charge in [0.05, 0.1) is 23.7 Å². The summed E-state index contributed by atoms with van der Waals surface area (Å²) >= 11 is 0. The molecule has 0 radical (unpaired) electrons. The molecule has 1 aliphatic heterocycles. The maximum Gasteiger partial charge on any atom is 0.0957 e. The van der Waals surface area contributed by atoms with E-state index in [1.165, 1.54) is 12.1 Å². The number of rotatable bonds is 3. The SMILES string of the molecule is CC[C@@H](O)c1ccc(N2CC(C)CC(C)C2C)cn1. The van der Waals surface area contributed by atoms with Crippen LogP contribution in [-0.2, 0) is 0 Å². The third kappa shape index (κ3) is 3.08. The minimum Gasteiger partial charge on any atom is -0.387 e. The van der Waals surface area contributed by atoms with Crippen molar-refractivity contribution in [2.75, 3.05) is 11.4 Å². The summed E-state index contributed by atoms with van der Waals surface area (Å²) in [5.74, 6) is 1.44. The fourth-order valence-electron chi connectivity index (χ4n) is 3.03. The van der Waals surface area contributed by atoms with E-state index < -0.39 is 6.10 Å². The fraction of sp³-hybridized carbons (Fsp3) is 0.688. The van der Waals surface area contributed by atoms with Crippen molar-refractivity contribution < 1.29 is 5.11 Å². The third-order valence-corrected chi connectivity index (χ3v) is 4.43. The van der Waals surface area contributed by atoms with Gasteiger partial charge in [-0.15, -0.1) is 0 Å². The van der Waals surface area contributed by atoms with Gasteiger partial charge in [0.1, 0.15) is 0 Å². The van der Waals surface area contributed by atoms with E-state index in [2.05, 4.69) is 36.7 Å². The molecule has 1 aromatic rings. The van der Waals surface area contributed by atoms with Gasteiger partial charge in [0.15, 0.2) is 0 Å². The molecule has 19 heavy (non-hydrogen) atoms. The van der Waals surface area contributed by atoms with Gasteiger partial charge in [-0.1, -0.05) is 20.8 Å². The van der Waals surface area contributed by atoms with E-state index in [1.54, 1.807) is 0 Å². The Hall–Kier alpha value is -1.09. The summed E-state index contributed by atoms with van der Waals surface area (Å²) in [5.41, 5.74) is 1.95. The minimum absolute atomic E-state index is 0.439. The zero-order valence-corrected chi connectivity index (χ0v) is 12.5. The Bertz CT molecular complexity index is 404. The zero-order chi connectivity index (χ0) is 14.0. The molecule has 1 aliphatic rings. The Morgan fingerprint density at radius 2 is 2.11 bits per heavy atom. The van der Waals surface area contributed by atoms with Crippen molar-refractivity contribution in [1.82, 2.24) is 4.98 Å². The Balaban J connectivity index is 2.16. The second kappa shape index (κ2) is 5.91. The normalized spacial score (nSPS) is 29.3. The molecule has 1 N–H and O–H groups in total. The van der Waals surface area contributed by atoms with Crippen LogP contribution in [0.5, 0.6) is 0 Å². The molecule has 1 saturated heterocycles. The molecular formula is C16H26N2O. The van der Waals surface area contributed by atoms with Crippen molar-refractivity contribution in [3.05, 3.63) is 24.0 Å². The van der Waals surface area contributed by atoms with Gasteiger partial charge in [-0.25, -0.2) is 0 Å². The summed E-state index contributed by atoms with van der Waals surface area (Å²) in [6, 6.07) is 4.61. The van der Waals surface area contributed by atoms with E-state index >= 15 is 0 Å². The van der Waals surface area contributed by atoms with Gasteiger partial charge in [-0.05, 0) is 43.7 Å². The van der Waals surface area contributed by atoms with Gasteiger partial charge in [-0.2, -0.15) is 0 Å². The summed E-state index contributed by atoms with van der Waals surface area (Å²) in [6.07, 6.45) is 3.49. The molecule has 0 spiro atoms. The lowest BCUT2D eigenvalue weighted by Crippen LogP contribution is -2.45. The van der Waals surface area contributed by atoms with E-state index in [1.807, 2.05) is 19.2 Å². The smallest absolute Gasteiger partial charge is 0.0957 e. The third-order valence-electron chi connectivity index (χ3n) is 4.43. The van der Waals surface area contributed by atoms with Crippen LogP contribution >= 0.6 is 0 Å². The molecule has 2 rings (SSSR count). The van der Waals surface area contributed by atoms with E-state index in [4.69, 9.17) is 0 Å². The fourth-order valence-corrected chi connectivity index (χ4v) is 3.03. The van der Waals surface area contributed by atoms with Gasteiger partial charge in [0, 0.05) is 12.6 Å². The van der Waals surface area contributed by atoms with Crippen LogP contribution in [-0.4, -0.2) is 22.7 Å². The average Bonchev–Trinajstić information content (AvgIpc) is 2.42. The second-order valence-electron chi connectivity index (χ2n) is 6.08. The lowest BCUT2D eigenvalue weighted by atomic mass is 9.86. The molecule has 106 valence electrons. The number of pyridine rings is 1. The van der Waals surface area contributed by atoms with Crippen LogP contribution in [0.1, 0.15) is 52.3 Å². The number of anilines is 1. The first kappa shape index (κ1) is 14.3. The van der Waals surface area contributed by atoms with Crippen molar-refractivity contribution in [1.29, 1.82) is 0 Å². The topological polar surface area (TPSA) is 36.4 Å². The van der Waals surface area contributed by atoms with E-state index in [9.17, 15) is 5.11 Å². The molecule has 1 fully saturated rings. The maximum absolute atomic E-state index is 9.79. The molecule has 0 saturated carbocycles. The van der Waals surface area contributed by atoms with E-state index in [-0.39, 0.29) is 0 Å². The first-order valence-electron chi connectivity index (χ1n) is 7.43. The molecule has 2 heterocycles. The lowest BCUT2D eigenvalue weighted by molar-refractivity contribution is 0.169. The van der Waals surface area contributed by atoms with Gasteiger partial charge in [-0.3, -0.25) is 4.98 Å². The summed E-state index contributed by atoms with van der Waals surface area (Å²) in [6.45, 7) is 10.0. The van der Waals surface area contributed by atoms with E-state index in [0.29, 0.717) is 18.4 Å². The highest BCUT2D eigenvalue weighted by atomic mass is 16.3. The Morgan fingerprint density at radius 3 is 2.68 bits per heavy atom. The first-order valence-corrected chi connectivity index (χ1v) is 7.43. The van der Waals surface area contributed by atoms with Crippen molar-refractivity contribution >= 4 is 5.69 Å². The largest absolute Gasteiger partial charge is 0.387 e. The summed E-state index contributed by atoms with van der Waals surface area (Å²) in [5, 5.41) is 9.79. The highest BCUT2D eigenvalue weighted by Crippen LogP contribution is 2.31. The summed E-state index contributed by atoms with van der Waals surface area (Å²) in [4.78, 5) is 6.87. The van der Waals surface area contributed by atoms with Gasteiger partial charge >= 0.3 is 0 Å². The van der Waals surface area contributed by atoms with Crippen LogP contribution < -0.4 is 4.90 Å². The van der Waals surface area contributed by atoms with Crippen LogP contribution in [0.15, 0.2) is 18.3 Å². The number of aliphatic hydroxyl groups excluding tert-OH is 1. The number of aliphatic hydroxyl groups is 1. The number of aromatic nitrogens is 1. The number of hydrogen-bond acceptors (Lipinski definition) is 3. The van der Waals surface area contributed by atoms with Crippen LogP contribution in [0.4, 0.5) is 5.69 Å². The monoisotopic (exact) mass is 262 g/mol. The van der Waals surface area contributed by atoms with E-state index in [0.717, 1.165) is 18.2 Å². The van der Waals surface area contributed by atoms with Crippen LogP contribution in [0.2, 0.25) is 0 Å². The first-order chi connectivity index (χ1) is 9.02. The van der Waals surface area contributed by atoms with Gasteiger partial charge in [0.2, 0.25) is 0 Å². The number of piperidine rings is 1. The average molecular weight is 262 g/mol. The predicted molar refractivity (Wildman–Crippen MR) is 79.2 cm³/mol. The molecule has 4 atom stereocenters. The number of nitrogens with zero attached hydrogens (tertiary/aromatic N) is 2. The van der Waals surface area contributed by atoms with Crippen molar-refractivity contribution in [2.24, 2.45) is 11.8 Å².